The number of nitrogens with two attached hydrogens (primary N) is 1. The van der Waals surface area contributed by atoms with Gasteiger partial charge in [0, 0.05) is 37.5 Å². The average Bonchev–Trinajstić information content (AvgIpc) is 2.75. The molecule has 1 heterocycles. The van der Waals surface area contributed by atoms with Crippen LogP contribution in [0.1, 0.15) is 16.7 Å². The molecule has 0 fully saturated rings. The third-order valence-corrected chi connectivity index (χ3v) is 2.93. The molecule has 0 aliphatic carbocycles. The molecule has 0 radical (unpaired) electrons. The summed E-state index contributed by atoms with van der Waals surface area (Å²) in [5.41, 5.74) is 8.60. The van der Waals surface area contributed by atoms with Crippen LogP contribution in [0.3, 0.4) is 0 Å². The Labute approximate surface area is 113 Å². The third-order valence-electron chi connectivity index (χ3n) is 2.93. The lowest BCUT2D eigenvalue weighted by molar-refractivity contribution is 0.319. The zero-order chi connectivity index (χ0) is 13.8. The molecule has 0 aliphatic rings. The van der Waals surface area contributed by atoms with E-state index in [0.29, 0.717) is 0 Å². The second-order valence-electron chi connectivity index (χ2n) is 4.81. The number of nitrogens with one attached hydrogen (secondary N) is 1. The molecule has 5 nitrogen and oxygen atoms in total. The van der Waals surface area contributed by atoms with Crippen LogP contribution in [0.25, 0.3) is 0 Å². The van der Waals surface area contributed by atoms with Crippen molar-refractivity contribution >= 4 is 5.84 Å². The standard InChI is InChI=1S/C14H19N5/c1-18(9-12-7-17-19(2)10-12)8-11-3-5-13(6-4-11)14(15)16/h3-7,10H,8-9H2,1-2H3,(H3,15,16). The average molecular weight is 257 g/mol. The molecule has 0 amide bonds. The Hall–Kier alpha value is -2.14. The maximum Gasteiger partial charge on any atom is 0.122 e. The molecule has 2 aromatic rings. The molecule has 1 aromatic carbocycles. The topological polar surface area (TPSA) is 70.9 Å². The summed E-state index contributed by atoms with van der Waals surface area (Å²) in [6, 6.07) is 7.79. The first-order valence-electron chi connectivity index (χ1n) is 6.14. The van der Waals surface area contributed by atoms with Crippen molar-refractivity contribution in [1.29, 1.82) is 5.41 Å². The summed E-state index contributed by atoms with van der Waals surface area (Å²) in [7, 11) is 4.00. The van der Waals surface area contributed by atoms with Gasteiger partial charge >= 0.3 is 0 Å². The molecule has 100 valence electrons. The monoisotopic (exact) mass is 257 g/mol. The van der Waals surface area contributed by atoms with Crippen molar-refractivity contribution in [2.45, 2.75) is 13.1 Å². The molecule has 3 N–H and O–H groups in total. The predicted molar refractivity (Wildman–Crippen MR) is 75.8 cm³/mol. The number of aryl methyl sites for hydroxylation is 1. The summed E-state index contributed by atoms with van der Waals surface area (Å²) in [5, 5.41) is 11.5. The highest BCUT2D eigenvalue weighted by atomic mass is 15.2. The third kappa shape index (κ3) is 3.66. The van der Waals surface area contributed by atoms with Gasteiger partial charge < -0.3 is 5.73 Å². The Morgan fingerprint density at radius 1 is 1.26 bits per heavy atom. The van der Waals surface area contributed by atoms with Crippen LogP contribution in [0, 0.1) is 5.41 Å². The van der Waals surface area contributed by atoms with E-state index in [4.69, 9.17) is 11.1 Å². The quantitative estimate of drug-likeness (QED) is 0.627. The minimum Gasteiger partial charge on any atom is -0.384 e. The molecule has 5 heteroatoms. The fourth-order valence-electron chi connectivity index (χ4n) is 2.02. The van der Waals surface area contributed by atoms with Crippen LogP contribution >= 0.6 is 0 Å². The van der Waals surface area contributed by atoms with Crippen molar-refractivity contribution in [2.75, 3.05) is 7.05 Å². The van der Waals surface area contributed by atoms with Gasteiger partial charge in [0.05, 0.1) is 6.20 Å². The minimum atomic E-state index is 0.107. The van der Waals surface area contributed by atoms with E-state index < -0.39 is 0 Å². The van der Waals surface area contributed by atoms with Gasteiger partial charge in [-0.1, -0.05) is 24.3 Å². The van der Waals surface area contributed by atoms with E-state index in [-0.39, 0.29) is 5.84 Å². The normalized spacial score (nSPS) is 10.9. The van der Waals surface area contributed by atoms with E-state index in [1.807, 2.05) is 48.4 Å². The first kappa shape index (κ1) is 13.3. The lowest BCUT2D eigenvalue weighted by Gasteiger charge is -2.15. The van der Waals surface area contributed by atoms with Gasteiger partial charge in [0.15, 0.2) is 0 Å². The fourth-order valence-corrected chi connectivity index (χ4v) is 2.02. The van der Waals surface area contributed by atoms with Crippen molar-refractivity contribution in [3.8, 4) is 0 Å². The highest BCUT2D eigenvalue weighted by Gasteiger charge is 2.04. The Kier molecular flexibility index (Phi) is 3.97. The summed E-state index contributed by atoms with van der Waals surface area (Å²) in [4.78, 5) is 2.22. The highest BCUT2D eigenvalue weighted by molar-refractivity contribution is 5.94. The molecular weight excluding hydrogens is 238 g/mol. The molecule has 0 bridgehead atoms. The van der Waals surface area contributed by atoms with E-state index in [9.17, 15) is 0 Å². The molecule has 0 atom stereocenters. The summed E-state index contributed by atoms with van der Waals surface area (Å²) in [5.74, 6) is 0.107. The lowest BCUT2D eigenvalue weighted by Crippen LogP contribution is -2.17. The van der Waals surface area contributed by atoms with Crippen LogP contribution < -0.4 is 5.73 Å². The summed E-state index contributed by atoms with van der Waals surface area (Å²) in [6.07, 6.45) is 3.91. The first-order chi connectivity index (χ1) is 9.04. The number of benzene rings is 1. The number of nitrogen functional groups attached to an aromatic ring is 1. The van der Waals surface area contributed by atoms with Crippen LogP contribution in [0.4, 0.5) is 0 Å². The van der Waals surface area contributed by atoms with Gasteiger partial charge in [-0.2, -0.15) is 5.10 Å². The van der Waals surface area contributed by atoms with Crippen molar-refractivity contribution in [1.82, 2.24) is 14.7 Å². The van der Waals surface area contributed by atoms with Crippen LogP contribution in [0.2, 0.25) is 0 Å². The molecule has 0 saturated heterocycles. The van der Waals surface area contributed by atoms with Gasteiger partial charge in [0.2, 0.25) is 0 Å². The zero-order valence-electron chi connectivity index (χ0n) is 11.3. The molecule has 0 saturated carbocycles. The van der Waals surface area contributed by atoms with Gasteiger partial charge in [0.25, 0.3) is 0 Å². The molecule has 2 rings (SSSR count). The van der Waals surface area contributed by atoms with Crippen molar-refractivity contribution in [3.63, 3.8) is 0 Å². The van der Waals surface area contributed by atoms with E-state index in [0.717, 1.165) is 18.7 Å². The number of rotatable bonds is 5. The van der Waals surface area contributed by atoms with E-state index in [1.165, 1.54) is 11.1 Å². The molecule has 19 heavy (non-hydrogen) atoms. The van der Waals surface area contributed by atoms with Gasteiger partial charge in [-0.25, -0.2) is 0 Å². The van der Waals surface area contributed by atoms with Gasteiger partial charge in [-0.3, -0.25) is 15.0 Å². The molecule has 1 aromatic heterocycles. The second-order valence-corrected chi connectivity index (χ2v) is 4.81. The lowest BCUT2D eigenvalue weighted by atomic mass is 10.1. The fraction of sp³-hybridized carbons (Fsp3) is 0.286. The van der Waals surface area contributed by atoms with E-state index in [1.54, 1.807) is 0 Å². The number of amidine groups is 1. The molecular formula is C14H19N5. The Morgan fingerprint density at radius 2 is 1.89 bits per heavy atom. The highest BCUT2D eigenvalue weighted by Crippen LogP contribution is 2.09. The Bertz CT molecular complexity index is 555. The SMILES string of the molecule is CN(Cc1ccc(C(=N)N)cc1)Cc1cnn(C)c1. The first-order valence-corrected chi connectivity index (χ1v) is 6.14. The van der Waals surface area contributed by atoms with Crippen LogP contribution in [0.15, 0.2) is 36.7 Å². The van der Waals surface area contributed by atoms with Gasteiger partial charge in [0.1, 0.15) is 5.84 Å². The van der Waals surface area contributed by atoms with Crippen LogP contribution in [0.5, 0.6) is 0 Å². The summed E-state index contributed by atoms with van der Waals surface area (Å²) < 4.78 is 1.81. The van der Waals surface area contributed by atoms with Gasteiger partial charge in [-0.15, -0.1) is 0 Å². The maximum atomic E-state index is 7.36. The number of hydrogen-bond acceptors (Lipinski definition) is 3. The Balaban J connectivity index is 1.94. The van der Waals surface area contributed by atoms with Gasteiger partial charge in [-0.05, 0) is 12.6 Å². The van der Waals surface area contributed by atoms with Crippen LogP contribution in [-0.4, -0.2) is 27.6 Å². The van der Waals surface area contributed by atoms with E-state index in [2.05, 4.69) is 17.0 Å². The maximum absolute atomic E-state index is 7.36. The van der Waals surface area contributed by atoms with Crippen molar-refractivity contribution < 1.29 is 0 Å². The van der Waals surface area contributed by atoms with E-state index >= 15 is 0 Å². The predicted octanol–water partition coefficient (Wildman–Crippen LogP) is 1.34. The smallest absolute Gasteiger partial charge is 0.122 e. The van der Waals surface area contributed by atoms with Crippen LogP contribution in [-0.2, 0) is 20.1 Å². The van der Waals surface area contributed by atoms with Crippen molar-refractivity contribution in [2.24, 2.45) is 12.8 Å². The molecule has 0 unspecified atom stereocenters. The minimum absolute atomic E-state index is 0.107. The zero-order valence-corrected chi connectivity index (χ0v) is 11.3. The van der Waals surface area contributed by atoms with Crippen molar-refractivity contribution in [3.05, 3.63) is 53.3 Å². The summed E-state index contributed by atoms with van der Waals surface area (Å²) >= 11 is 0. The number of aromatic nitrogens is 2. The Morgan fingerprint density at radius 3 is 2.42 bits per heavy atom. The molecule has 0 spiro atoms. The summed E-state index contributed by atoms with van der Waals surface area (Å²) in [6.45, 7) is 1.72. The molecule has 0 aliphatic heterocycles. The second kappa shape index (κ2) is 5.67. The number of nitrogens with zero attached hydrogens (tertiary/aromatic N) is 3. The number of hydrogen-bond donors (Lipinski definition) is 2. The largest absolute Gasteiger partial charge is 0.384 e.